The van der Waals surface area contributed by atoms with Crippen molar-refractivity contribution in [2.24, 2.45) is 0 Å². The van der Waals surface area contributed by atoms with E-state index in [-0.39, 0.29) is 33.0 Å². The summed E-state index contributed by atoms with van der Waals surface area (Å²) in [6.45, 7) is 0. The Morgan fingerprint density at radius 2 is 1.61 bits per heavy atom. The SMILES string of the molecule is O=C(c1ccc(NS(=O)(=O)c2ccc(Cl)cc2)cc1)c1cc2ccc(O)cc2oc1=O. The topological polar surface area (TPSA) is 114 Å². The average molecular weight is 456 g/mol. The second-order valence-electron chi connectivity index (χ2n) is 6.64. The molecule has 4 aromatic rings. The van der Waals surface area contributed by atoms with Crippen LogP contribution < -0.4 is 10.3 Å². The number of hydrogen-bond acceptors (Lipinski definition) is 6. The first-order valence-electron chi connectivity index (χ1n) is 8.93. The Balaban J connectivity index is 1.59. The van der Waals surface area contributed by atoms with Crippen molar-refractivity contribution in [3.8, 4) is 5.75 Å². The molecule has 0 saturated heterocycles. The number of nitrogens with one attached hydrogen (secondary N) is 1. The zero-order valence-corrected chi connectivity index (χ0v) is 17.3. The Kier molecular flexibility index (Phi) is 5.26. The summed E-state index contributed by atoms with van der Waals surface area (Å²) in [5.41, 5.74) is -0.427. The molecule has 1 aromatic heterocycles. The van der Waals surface area contributed by atoms with E-state index >= 15 is 0 Å². The number of sulfonamides is 1. The Labute approximate surface area is 181 Å². The van der Waals surface area contributed by atoms with Gasteiger partial charge in [0.15, 0.2) is 5.78 Å². The molecule has 156 valence electrons. The number of ketones is 1. The average Bonchev–Trinajstić information content (AvgIpc) is 2.73. The lowest BCUT2D eigenvalue weighted by molar-refractivity contribution is 0.103. The second-order valence-corrected chi connectivity index (χ2v) is 8.75. The maximum absolute atomic E-state index is 12.8. The number of benzene rings is 3. The van der Waals surface area contributed by atoms with Gasteiger partial charge in [0, 0.05) is 27.7 Å². The van der Waals surface area contributed by atoms with Crippen LogP contribution in [0.4, 0.5) is 5.69 Å². The van der Waals surface area contributed by atoms with E-state index in [9.17, 15) is 23.1 Å². The summed E-state index contributed by atoms with van der Waals surface area (Å²) in [6.07, 6.45) is 0. The highest BCUT2D eigenvalue weighted by Crippen LogP contribution is 2.22. The minimum atomic E-state index is -3.83. The van der Waals surface area contributed by atoms with E-state index in [2.05, 4.69) is 4.72 Å². The summed E-state index contributed by atoms with van der Waals surface area (Å²) in [5, 5.41) is 10.4. The molecule has 0 saturated carbocycles. The van der Waals surface area contributed by atoms with Gasteiger partial charge in [-0.15, -0.1) is 0 Å². The molecule has 0 amide bonds. The van der Waals surface area contributed by atoms with E-state index in [1.807, 2.05) is 0 Å². The molecule has 1 heterocycles. The third-order valence-corrected chi connectivity index (χ3v) is 6.14. The standard InChI is InChI=1S/C22H14ClNO6S/c23-15-4-9-18(10-5-15)31(28,29)24-16-6-1-13(2-7-16)21(26)19-11-14-3-8-17(25)12-20(14)30-22(19)27/h1-12,24-25H. The predicted octanol–water partition coefficient (Wildman–Crippen LogP) is 4.18. The molecule has 31 heavy (non-hydrogen) atoms. The second kappa shape index (κ2) is 7.90. The van der Waals surface area contributed by atoms with E-state index in [1.54, 1.807) is 0 Å². The highest BCUT2D eigenvalue weighted by molar-refractivity contribution is 7.92. The fraction of sp³-hybridized carbons (Fsp3) is 0. The molecule has 0 atom stereocenters. The van der Waals surface area contributed by atoms with Crippen LogP contribution in [-0.4, -0.2) is 19.3 Å². The number of phenols is 1. The van der Waals surface area contributed by atoms with Gasteiger partial charge in [-0.1, -0.05) is 11.6 Å². The number of phenolic OH excluding ortho intramolecular Hbond substituents is 1. The molecular weight excluding hydrogens is 442 g/mol. The highest BCUT2D eigenvalue weighted by atomic mass is 35.5. The van der Waals surface area contributed by atoms with Crippen molar-refractivity contribution in [3.05, 3.63) is 99.4 Å². The Bertz CT molecular complexity index is 1460. The van der Waals surface area contributed by atoms with E-state index in [4.69, 9.17) is 16.0 Å². The number of rotatable bonds is 5. The molecular formula is C22H14ClNO6S. The molecule has 0 aliphatic carbocycles. The molecule has 9 heteroatoms. The lowest BCUT2D eigenvalue weighted by atomic mass is 10.0. The van der Waals surface area contributed by atoms with Gasteiger partial charge in [-0.25, -0.2) is 13.2 Å². The summed E-state index contributed by atoms with van der Waals surface area (Å²) in [7, 11) is -3.83. The molecule has 0 radical (unpaired) electrons. The van der Waals surface area contributed by atoms with Crippen LogP contribution in [0.25, 0.3) is 11.0 Å². The molecule has 0 aliphatic heterocycles. The highest BCUT2D eigenvalue weighted by Gasteiger charge is 2.18. The van der Waals surface area contributed by atoms with Gasteiger partial charge in [0.1, 0.15) is 16.9 Å². The Morgan fingerprint density at radius 3 is 2.29 bits per heavy atom. The molecule has 0 aliphatic rings. The van der Waals surface area contributed by atoms with E-state index in [1.165, 1.54) is 72.8 Å². The van der Waals surface area contributed by atoms with Crippen molar-refractivity contribution in [2.75, 3.05) is 4.72 Å². The number of aromatic hydroxyl groups is 1. The van der Waals surface area contributed by atoms with Gasteiger partial charge < -0.3 is 9.52 Å². The zero-order chi connectivity index (χ0) is 22.2. The van der Waals surface area contributed by atoms with Crippen LogP contribution in [0.1, 0.15) is 15.9 Å². The minimum Gasteiger partial charge on any atom is -0.508 e. The number of fused-ring (bicyclic) bond motifs is 1. The van der Waals surface area contributed by atoms with E-state index < -0.39 is 21.4 Å². The molecule has 0 bridgehead atoms. The molecule has 3 aromatic carbocycles. The van der Waals surface area contributed by atoms with Crippen LogP contribution in [0.15, 0.2) is 86.9 Å². The Hall–Kier alpha value is -3.62. The fourth-order valence-electron chi connectivity index (χ4n) is 2.93. The third-order valence-electron chi connectivity index (χ3n) is 4.49. The van der Waals surface area contributed by atoms with Gasteiger partial charge in [-0.3, -0.25) is 9.52 Å². The lowest BCUT2D eigenvalue weighted by Gasteiger charge is -2.09. The first kappa shape index (κ1) is 20.6. The zero-order valence-electron chi connectivity index (χ0n) is 15.7. The first-order valence-corrected chi connectivity index (χ1v) is 10.8. The molecule has 2 N–H and O–H groups in total. The minimum absolute atomic E-state index is 0.0388. The van der Waals surface area contributed by atoms with Crippen molar-refractivity contribution in [1.82, 2.24) is 0 Å². The molecule has 0 fully saturated rings. The van der Waals surface area contributed by atoms with Crippen LogP contribution in [0.3, 0.4) is 0 Å². The number of carbonyl (C=O) groups excluding carboxylic acids is 1. The summed E-state index contributed by atoms with van der Waals surface area (Å²) in [4.78, 5) is 25.0. The smallest absolute Gasteiger partial charge is 0.347 e. The van der Waals surface area contributed by atoms with Crippen LogP contribution in [0.5, 0.6) is 5.75 Å². The Morgan fingerprint density at radius 1 is 0.935 bits per heavy atom. The summed E-state index contributed by atoms with van der Waals surface area (Å²) in [5.74, 6) is -0.637. The first-order chi connectivity index (χ1) is 14.7. The van der Waals surface area contributed by atoms with E-state index in [0.717, 1.165) is 0 Å². The lowest BCUT2D eigenvalue weighted by Crippen LogP contribution is -2.15. The maximum Gasteiger partial charge on any atom is 0.347 e. The van der Waals surface area contributed by atoms with Crippen molar-refractivity contribution in [2.45, 2.75) is 4.90 Å². The van der Waals surface area contributed by atoms with Gasteiger partial charge in [0.05, 0.1) is 4.90 Å². The van der Waals surface area contributed by atoms with Gasteiger partial charge in [-0.05, 0) is 66.7 Å². The molecule has 7 nitrogen and oxygen atoms in total. The number of halogens is 1. The van der Waals surface area contributed by atoms with E-state index in [0.29, 0.717) is 10.4 Å². The van der Waals surface area contributed by atoms with Crippen LogP contribution in [-0.2, 0) is 10.0 Å². The van der Waals surface area contributed by atoms with Gasteiger partial charge in [-0.2, -0.15) is 0 Å². The van der Waals surface area contributed by atoms with Gasteiger partial charge in [0.2, 0.25) is 0 Å². The monoisotopic (exact) mass is 455 g/mol. The quantitative estimate of drug-likeness (QED) is 0.344. The molecule has 4 rings (SSSR count). The number of carbonyl (C=O) groups is 1. The normalized spacial score (nSPS) is 11.4. The van der Waals surface area contributed by atoms with Crippen molar-refractivity contribution in [1.29, 1.82) is 0 Å². The molecule has 0 unspecified atom stereocenters. The summed E-state index contributed by atoms with van der Waals surface area (Å²) in [6, 6.07) is 16.9. The van der Waals surface area contributed by atoms with Crippen LogP contribution in [0, 0.1) is 0 Å². The van der Waals surface area contributed by atoms with Crippen molar-refractivity contribution >= 4 is 44.1 Å². The molecule has 0 spiro atoms. The van der Waals surface area contributed by atoms with Gasteiger partial charge in [0.25, 0.3) is 10.0 Å². The largest absolute Gasteiger partial charge is 0.508 e. The number of anilines is 1. The summed E-state index contributed by atoms with van der Waals surface area (Å²) >= 11 is 5.78. The third kappa shape index (κ3) is 4.30. The predicted molar refractivity (Wildman–Crippen MR) is 116 cm³/mol. The maximum atomic E-state index is 12.8. The van der Waals surface area contributed by atoms with Crippen LogP contribution in [0.2, 0.25) is 5.02 Å². The van der Waals surface area contributed by atoms with Crippen molar-refractivity contribution in [3.63, 3.8) is 0 Å². The van der Waals surface area contributed by atoms with Crippen molar-refractivity contribution < 1.29 is 22.7 Å². The van der Waals surface area contributed by atoms with Gasteiger partial charge >= 0.3 is 5.63 Å². The number of hydrogen-bond donors (Lipinski definition) is 2. The fourth-order valence-corrected chi connectivity index (χ4v) is 4.12. The van der Waals surface area contributed by atoms with Crippen LogP contribution >= 0.6 is 11.6 Å². The summed E-state index contributed by atoms with van der Waals surface area (Å²) < 4.78 is 32.4.